The number of nitrogens with one attached hydrogen (secondary N) is 1. The van der Waals surface area contributed by atoms with Gasteiger partial charge in [-0.15, -0.1) is 0 Å². The van der Waals surface area contributed by atoms with Crippen LogP contribution in [0.2, 0.25) is 0 Å². The minimum absolute atomic E-state index is 0.0871. The van der Waals surface area contributed by atoms with Gasteiger partial charge in [-0.2, -0.15) is 0 Å². The number of hydrogen-bond donors (Lipinski definition) is 1. The smallest absolute Gasteiger partial charge is 0.126 e. The molecule has 0 spiro atoms. The standard InChI is InChI=1S/C15H24FN/c1-3-5-9-14(4-2)17-12-11-13-8-6-7-10-15(13)16/h6-8,10,14,17H,3-5,9,11-12H2,1-2H3. The first-order valence-electron chi connectivity index (χ1n) is 6.74. The van der Waals surface area contributed by atoms with Crippen molar-refractivity contribution in [3.05, 3.63) is 35.6 Å². The van der Waals surface area contributed by atoms with Gasteiger partial charge in [0.1, 0.15) is 5.82 Å². The van der Waals surface area contributed by atoms with E-state index in [2.05, 4.69) is 19.2 Å². The topological polar surface area (TPSA) is 12.0 Å². The van der Waals surface area contributed by atoms with E-state index in [1.165, 1.54) is 25.3 Å². The maximum absolute atomic E-state index is 13.4. The molecule has 0 aliphatic carbocycles. The molecule has 1 rings (SSSR count). The van der Waals surface area contributed by atoms with Crippen molar-refractivity contribution in [2.45, 2.75) is 52.0 Å². The summed E-state index contributed by atoms with van der Waals surface area (Å²) in [6, 6.07) is 7.62. The van der Waals surface area contributed by atoms with Gasteiger partial charge >= 0.3 is 0 Å². The minimum atomic E-state index is -0.0871. The monoisotopic (exact) mass is 237 g/mol. The van der Waals surface area contributed by atoms with Gasteiger partial charge in [0.15, 0.2) is 0 Å². The van der Waals surface area contributed by atoms with E-state index in [-0.39, 0.29) is 5.82 Å². The SMILES string of the molecule is CCCCC(CC)NCCc1ccccc1F. The summed E-state index contributed by atoms with van der Waals surface area (Å²) in [5, 5.41) is 3.51. The zero-order valence-electron chi connectivity index (χ0n) is 11.0. The number of rotatable bonds is 8. The normalized spacial score (nSPS) is 12.6. The second-order valence-corrected chi connectivity index (χ2v) is 4.54. The highest BCUT2D eigenvalue weighted by atomic mass is 19.1. The van der Waals surface area contributed by atoms with E-state index < -0.39 is 0 Å². The fraction of sp³-hybridized carbons (Fsp3) is 0.600. The maximum atomic E-state index is 13.4. The lowest BCUT2D eigenvalue weighted by atomic mass is 10.1. The van der Waals surface area contributed by atoms with Gasteiger partial charge in [-0.25, -0.2) is 4.39 Å². The average Bonchev–Trinajstić information content (AvgIpc) is 2.35. The summed E-state index contributed by atoms with van der Waals surface area (Å²) in [6.07, 6.45) is 5.66. The molecule has 0 radical (unpaired) electrons. The molecule has 0 saturated carbocycles. The van der Waals surface area contributed by atoms with Gasteiger partial charge in [0, 0.05) is 6.04 Å². The van der Waals surface area contributed by atoms with Crippen molar-refractivity contribution in [1.29, 1.82) is 0 Å². The predicted molar refractivity (Wildman–Crippen MR) is 71.7 cm³/mol. The summed E-state index contributed by atoms with van der Waals surface area (Å²) in [4.78, 5) is 0. The highest BCUT2D eigenvalue weighted by molar-refractivity contribution is 5.17. The van der Waals surface area contributed by atoms with Crippen LogP contribution in [0, 0.1) is 5.82 Å². The molecule has 1 atom stereocenters. The number of benzene rings is 1. The molecular weight excluding hydrogens is 213 g/mol. The number of unbranched alkanes of at least 4 members (excludes halogenated alkanes) is 1. The van der Waals surface area contributed by atoms with Crippen molar-refractivity contribution >= 4 is 0 Å². The van der Waals surface area contributed by atoms with E-state index in [4.69, 9.17) is 0 Å². The Balaban J connectivity index is 2.28. The molecule has 0 heterocycles. The van der Waals surface area contributed by atoms with Gasteiger partial charge in [0.05, 0.1) is 0 Å². The molecular formula is C15H24FN. The fourth-order valence-electron chi connectivity index (χ4n) is 2.01. The average molecular weight is 237 g/mol. The third kappa shape index (κ3) is 5.31. The van der Waals surface area contributed by atoms with E-state index >= 15 is 0 Å². The van der Waals surface area contributed by atoms with Crippen LogP contribution < -0.4 is 5.32 Å². The largest absolute Gasteiger partial charge is 0.314 e. The van der Waals surface area contributed by atoms with E-state index in [0.717, 1.165) is 24.9 Å². The molecule has 1 aromatic carbocycles. The molecule has 0 saturated heterocycles. The fourth-order valence-corrected chi connectivity index (χ4v) is 2.01. The van der Waals surface area contributed by atoms with Gasteiger partial charge in [0.25, 0.3) is 0 Å². The van der Waals surface area contributed by atoms with E-state index in [0.29, 0.717) is 6.04 Å². The Hall–Kier alpha value is -0.890. The van der Waals surface area contributed by atoms with Crippen LogP contribution in [-0.4, -0.2) is 12.6 Å². The highest BCUT2D eigenvalue weighted by Gasteiger charge is 2.05. The molecule has 1 nitrogen and oxygen atoms in total. The van der Waals surface area contributed by atoms with Crippen LogP contribution in [0.25, 0.3) is 0 Å². The molecule has 17 heavy (non-hydrogen) atoms. The van der Waals surface area contributed by atoms with Gasteiger partial charge in [-0.05, 0) is 37.4 Å². The van der Waals surface area contributed by atoms with Crippen LogP contribution in [0.4, 0.5) is 4.39 Å². The van der Waals surface area contributed by atoms with Crippen LogP contribution in [0.1, 0.15) is 45.1 Å². The lowest BCUT2D eigenvalue weighted by Gasteiger charge is -2.16. The molecule has 0 aliphatic heterocycles. The summed E-state index contributed by atoms with van der Waals surface area (Å²) >= 11 is 0. The molecule has 1 aromatic rings. The van der Waals surface area contributed by atoms with E-state index in [9.17, 15) is 4.39 Å². The van der Waals surface area contributed by atoms with Crippen molar-refractivity contribution in [3.63, 3.8) is 0 Å². The van der Waals surface area contributed by atoms with Crippen LogP contribution in [-0.2, 0) is 6.42 Å². The van der Waals surface area contributed by atoms with Gasteiger partial charge in [-0.3, -0.25) is 0 Å². The summed E-state index contributed by atoms with van der Waals surface area (Å²) in [5.74, 6) is -0.0871. The molecule has 0 bridgehead atoms. The summed E-state index contributed by atoms with van der Waals surface area (Å²) in [6.45, 7) is 5.28. The molecule has 0 fully saturated rings. The van der Waals surface area contributed by atoms with Gasteiger partial charge < -0.3 is 5.32 Å². The molecule has 1 unspecified atom stereocenters. The van der Waals surface area contributed by atoms with Gasteiger partial charge in [0.2, 0.25) is 0 Å². The third-order valence-corrected chi connectivity index (χ3v) is 3.18. The lowest BCUT2D eigenvalue weighted by Crippen LogP contribution is -2.30. The Morgan fingerprint density at radius 3 is 2.65 bits per heavy atom. The molecule has 1 N–H and O–H groups in total. The second-order valence-electron chi connectivity index (χ2n) is 4.54. The first-order valence-corrected chi connectivity index (χ1v) is 6.74. The van der Waals surface area contributed by atoms with Crippen molar-refractivity contribution in [1.82, 2.24) is 5.32 Å². The first-order chi connectivity index (χ1) is 8.27. The van der Waals surface area contributed by atoms with Crippen LogP contribution in [0.5, 0.6) is 0 Å². The van der Waals surface area contributed by atoms with E-state index in [1.54, 1.807) is 6.07 Å². The molecule has 2 heteroatoms. The molecule has 0 aliphatic rings. The van der Waals surface area contributed by atoms with Crippen molar-refractivity contribution in [2.24, 2.45) is 0 Å². The Kier molecular flexibility index (Phi) is 6.87. The maximum Gasteiger partial charge on any atom is 0.126 e. The summed E-state index contributed by atoms with van der Waals surface area (Å²) in [7, 11) is 0. The van der Waals surface area contributed by atoms with Crippen LogP contribution in [0.15, 0.2) is 24.3 Å². The van der Waals surface area contributed by atoms with Crippen molar-refractivity contribution in [3.8, 4) is 0 Å². The lowest BCUT2D eigenvalue weighted by molar-refractivity contribution is 0.454. The van der Waals surface area contributed by atoms with Gasteiger partial charge in [-0.1, -0.05) is 44.9 Å². The summed E-state index contributed by atoms with van der Waals surface area (Å²) in [5.41, 5.74) is 0.811. The Bertz CT molecular complexity index is 312. The van der Waals surface area contributed by atoms with Crippen LogP contribution >= 0.6 is 0 Å². The number of hydrogen-bond acceptors (Lipinski definition) is 1. The quantitative estimate of drug-likeness (QED) is 0.722. The Morgan fingerprint density at radius 1 is 1.24 bits per heavy atom. The van der Waals surface area contributed by atoms with E-state index in [1.807, 2.05) is 12.1 Å². The number of halogens is 1. The summed E-state index contributed by atoms with van der Waals surface area (Å²) < 4.78 is 13.4. The zero-order valence-corrected chi connectivity index (χ0v) is 11.0. The highest BCUT2D eigenvalue weighted by Crippen LogP contribution is 2.08. The minimum Gasteiger partial charge on any atom is -0.314 e. The Labute approximate surface area is 104 Å². The Morgan fingerprint density at radius 2 is 2.00 bits per heavy atom. The third-order valence-electron chi connectivity index (χ3n) is 3.18. The molecule has 96 valence electrons. The second kappa shape index (κ2) is 8.24. The van der Waals surface area contributed by atoms with Crippen LogP contribution in [0.3, 0.4) is 0 Å². The molecule has 0 aromatic heterocycles. The van der Waals surface area contributed by atoms with Crippen molar-refractivity contribution < 1.29 is 4.39 Å². The zero-order chi connectivity index (χ0) is 12.5. The molecule has 0 amide bonds. The predicted octanol–water partition coefficient (Wildman–Crippen LogP) is 3.93. The van der Waals surface area contributed by atoms with Crippen molar-refractivity contribution in [2.75, 3.05) is 6.54 Å². The first kappa shape index (κ1) is 14.2.